The molecule has 0 aromatic carbocycles. The molecule has 0 radical (unpaired) electrons. The van der Waals surface area contributed by atoms with Crippen LogP contribution in [0.3, 0.4) is 0 Å². The minimum atomic E-state index is -0.0460. The van der Waals surface area contributed by atoms with Gasteiger partial charge in [0.1, 0.15) is 30.0 Å². The fraction of sp³-hybridized carbons (Fsp3) is 0.357. The second-order valence-electron chi connectivity index (χ2n) is 9.27. The third-order valence-corrected chi connectivity index (χ3v) is 6.77. The van der Waals surface area contributed by atoms with Gasteiger partial charge in [0.2, 0.25) is 0 Å². The Morgan fingerprint density at radius 1 is 1.00 bits per heavy atom. The predicted molar refractivity (Wildman–Crippen MR) is 143 cm³/mol. The van der Waals surface area contributed by atoms with Crippen molar-refractivity contribution in [3.8, 4) is 28.7 Å². The van der Waals surface area contributed by atoms with E-state index in [-0.39, 0.29) is 6.10 Å². The third-order valence-electron chi connectivity index (χ3n) is 6.77. The fourth-order valence-corrected chi connectivity index (χ4v) is 4.48. The van der Waals surface area contributed by atoms with Gasteiger partial charge in [0.25, 0.3) is 0 Å². The van der Waals surface area contributed by atoms with Crippen molar-refractivity contribution in [2.75, 3.05) is 51.9 Å². The van der Waals surface area contributed by atoms with Gasteiger partial charge in [-0.3, -0.25) is 9.88 Å². The molecule has 0 saturated carbocycles. The van der Waals surface area contributed by atoms with Gasteiger partial charge in [0.05, 0.1) is 48.6 Å². The Hall–Kier alpha value is -4.20. The summed E-state index contributed by atoms with van der Waals surface area (Å²) in [6, 6.07) is 12.2. The normalized spacial score (nSPS) is 14.8. The first kappa shape index (κ1) is 25.4. The monoisotopic (exact) mass is 513 g/mol. The molecule has 0 N–H and O–H groups in total. The Kier molecular flexibility index (Phi) is 7.67. The topological polar surface area (TPSA) is 101 Å². The summed E-state index contributed by atoms with van der Waals surface area (Å²) in [6.07, 6.45) is 6.92. The lowest BCUT2D eigenvalue weighted by atomic mass is 10.1. The number of rotatable bonds is 9. The maximum absolute atomic E-state index is 9.64. The third kappa shape index (κ3) is 5.54. The molecule has 0 bridgehead atoms. The van der Waals surface area contributed by atoms with Crippen molar-refractivity contribution >= 4 is 11.3 Å². The lowest BCUT2D eigenvalue weighted by Gasteiger charge is -2.35. The van der Waals surface area contributed by atoms with E-state index in [0.29, 0.717) is 17.9 Å². The van der Waals surface area contributed by atoms with Crippen molar-refractivity contribution in [2.45, 2.75) is 19.6 Å². The van der Waals surface area contributed by atoms with Crippen molar-refractivity contribution in [1.82, 2.24) is 24.5 Å². The molecule has 0 aliphatic carbocycles. The summed E-state index contributed by atoms with van der Waals surface area (Å²) >= 11 is 0. The van der Waals surface area contributed by atoms with Crippen LogP contribution in [0, 0.1) is 11.3 Å². The van der Waals surface area contributed by atoms with Gasteiger partial charge in [-0.1, -0.05) is 0 Å². The van der Waals surface area contributed by atoms with Crippen molar-refractivity contribution < 1.29 is 14.2 Å². The zero-order valence-corrected chi connectivity index (χ0v) is 21.9. The molecule has 1 fully saturated rings. The molecule has 1 saturated heterocycles. The highest BCUT2D eigenvalue weighted by Crippen LogP contribution is 2.31. The minimum Gasteiger partial charge on any atom is -0.495 e. The molecular weight excluding hydrogens is 482 g/mol. The maximum Gasteiger partial charge on any atom is 0.138 e. The van der Waals surface area contributed by atoms with Crippen molar-refractivity contribution in [2.24, 2.45) is 0 Å². The van der Waals surface area contributed by atoms with Crippen LogP contribution in [-0.2, 0) is 11.3 Å². The van der Waals surface area contributed by atoms with Crippen molar-refractivity contribution in [1.29, 1.82) is 5.26 Å². The van der Waals surface area contributed by atoms with Crippen LogP contribution in [0.4, 0.5) is 5.82 Å². The lowest BCUT2D eigenvalue weighted by molar-refractivity contribution is 0.0715. The van der Waals surface area contributed by atoms with Crippen LogP contribution in [0.1, 0.15) is 18.2 Å². The average Bonchev–Trinajstić information content (AvgIpc) is 3.39. The van der Waals surface area contributed by atoms with Crippen LogP contribution in [0.5, 0.6) is 11.5 Å². The first-order chi connectivity index (χ1) is 18.6. The molecule has 0 spiro atoms. The van der Waals surface area contributed by atoms with Crippen molar-refractivity contribution in [3.05, 3.63) is 66.4 Å². The second-order valence-corrected chi connectivity index (χ2v) is 9.27. The highest BCUT2D eigenvalue weighted by Gasteiger charge is 2.20. The van der Waals surface area contributed by atoms with Crippen LogP contribution < -0.4 is 14.4 Å². The quantitative estimate of drug-likeness (QED) is 0.333. The number of anilines is 1. The van der Waals surface area contributed by atoms with Gasteiger partial charge >= 0.3 is 0 Å². The first-order valence-corrected chi connectivity index (χ1v) is 12.6. The lowest BCUT2D eigenvalue weighted by Crippen LogP contribution is -2.46. The SMILES string of the molecule is COc1ccc(CN2CCN(c3ccc(-c4cc(OC[C@@H](C)OC)cn5ncc(C#N)c45)cn3)CC2)nc1. The predicted octanol–water partition coefficient (Wildman–Crippen LogP) is 3.41. The largest absolute Gasteiger partial charge is 0.495 e. The van der Waals surface area contributed by atoms with E-state index in [9.17, 15) is 5.26 Å². The Labute approximate surface area is 222 Å². The molecular formula is C28H31N7O3. The summed E-state index contributed by atoms with van der Waals surface area (Å²) in [5.74, 6) is 2.35. The van der Waals surface area contributed by atoms with Gasteiger partial charge in [-0.25, -0.2) is 9.50 Å². The molecule has 5 rings (SSSR count). The van der Waals surface area contributed by atoms with E-state index >= 15 is 0 Å². The van der Waals surface area contributed by atoms with E-state index in [2.05, 4.69) is 26.0 Å². The standard InChI is InChI=1S/C28H31N7O3/c1-20(36-2)19-38-25-12-26(28-22(13-29)15-32-35(28)18-25)21-4-7-27(31-14-21)34-10-8-33(9-11-34)17-23-5-6-24(37-3)16-30-23/h4-7,12,14-16,18,20H,8-11,17,19H2,1-3H3/t20-/m1/s1. The molecule has 0 unspecified atom stereocenters. The van der Waals surface area contributed by atoms with Gasteiger partial charge in [0.15, 0.2) is 0 Å². The van der Waals surface area contributed by atoms with Crippen LogP contribution in [0.2, 0.25) is 0 Å². The summed E-state index contributed by atoms with van der Waals surface area (Å²) < 4.78 is 18.1. The molecule has 5 heterocycles. The highest BCUT2D eigenvalue weighted by molar-refractivity contribution is 5.85. The average molecular weight is 514 g/mol. The Bertz CT molecular complexity index is 1410. The highest BCUT2D eigenvalue weighted by atomic mass is 16.5. The molecule has 4 aromatic rings. The Morgan fingerprint density at radius 2 is 1.84 bits per heavy atom. The number of nitriles is 1. The Balaban J connectivity index is 1.29. The van der Waals surface area contributed by atoms with Crippen LogP contribution in [0.15, 0.2) is 55.1 Å². The van der Waals surface area contributed by atoms with Gasteiger partial charge in [-0.05, 0) is 37.3 Å². The van der Waals surface area contributed by atoms with E-state index in [1.807, 2.05) is 43.5 Å². The summed E-state index contributed by atoms with van der Waals surface area (Å²) in [7, 11) is 3.30. The van der Waals surface area contributed by atoms with Gasteiger partial charge in [-0.2, -0.15) is 10.4 Å². The van der Waals surface area contributed by atoms with Crippen LogP contribution in [-0.4, -0.2) is 77.6 Å². The number of methoxy groups -OCH3 is 2. The smallest absolute Gasteiger partial charge is 0.138 e. The van der Waals surface area contributed by atoms with Gasteiger partial charge in [-0.15, -0.1) is 0 Å². The first-order valence-electron chi connectivity index (χ1n) is 12.6. The summed E-state index contributed by atoms with van der Waals surface area (Å²) in [6.45, 7) is 6.79. The summed E-state index contributed by atoms with van der Waals surface area (Å²) in [5.41, 5.74) is 4.01. The molecule has 10 heteroatoms. The zero-order chi connectivity index (χ0) is 26.5. The molecule has 4 aromatic heterocycles. The number of nitrogens with zero attached hydrogens (tertiary/aromatic N) is 7. The van der Waals surface area contributed by atoms with Gasteiger partial charge in [0, 0.05) is 57.2 Å². The molecule has 0 amide bonds. The number of pyridine rings is 3. The van der Waals surface area contributed by atoms with Crippen LogP contribution in [0.25, 0.3) is 16.6 Å². The second kappa shape index (κ2) is 11.5. The molecule has 1 atom stereocenters. The zero-order valence-electron chi connectivity index (χ0n) is 21.9. The number of hydrogen-bond acceptors (Lipinski definition) is 9. The van der Waals surface area contributed by atoms with Crippen LogP contribution >= 0.6 is 0 Å². The van der Waals surface area contributed by atoms with E-state index < -0.39 is 0 Å². The molecule has 196 valence electrons. The molecule has 38 heavy (non-hydrogen) atoms. The van der Waals surface area contributed by atoms with Crippen molar-refractivity contribution in [3.63, 3.8) is 0 Å². The summed E-state index contributed by atoms with van der Waals surface area (Å²) in [4.78, 5) is 14.0. The number of ether oxygens (including phenoxy) is 3. The van der Waals surface area contributed by atoms with E-state index in [0.717, 1.165) is 66.6 Å². The molecule has 10 nitrogen and oxygen atoms in total. The van der Waals surface area contributed by atoms with Gasteiger partial charge < -0.3 is 19.1 Å². The van der Waals surface area contributed by atoms with E-state index in [1.165, 1.54) is 0 Å². The molecule has 1 aliphatic rings. The Morgan fingerprint density at radius 3 is 2.50 bits per heavy atom. The van der Waals surface area contributed by atoms with E-state index in [1.54, 1.807) is 37.3 Å². The summed E-state index contributed by atoms with van der Waals surface area (Å²) in [5, 5.41) is 14.0. The number of hydrogen-bond donors (Lipinski definition) is 0. The maximum atomic E-state index is 9.64. The number of fused-ring (bicyclic) bond motifs is 1. The fourth-order valence-electron chi connectivity index (χ4n) is 4.48. The number of aromatic nitrogens is 4. The minimum absolute atomic E-state index is 0.0460. The number of piperazine rings is 1. The van der Waals surface area contributed by atoms with E-state index in [4.69, 9.17) is 19.2 Å². The molecule has 1 aliphatic heterocycles.